The van der Waals surface area contributed by atoms with Crippen molar-refractivity contribution in [3.8, 4) is 5.75 Å². The molecule has 19 heavy (non-hydrogen) atoms. The lowest BCUT2D eigenvalue weighted by atomic mass is 9.95. The number of benzene rings is 2. The van der Waals surface area contributed by atoms with E-state index in [0.717, 1.165) is 21.3 Å². The van der Waals surface area contributed by atoms with Crippen molar-refractivity contribution in [2.45, 2.75) is 18.6 Å². The summed E-state index contributed by atoms with van der Waals surface area (Å²) in [4.78, 5) is 0. The minimum absolute atomic E-state index is 0.171. The van der Waals surface area contributed by atoms with Crippen LogP contribution in [-0.4, -0.2) is 5.11 Å². The quantitative estimate of drug-likeness (QED) is 0.819. The van der Waals surface area contributed by atoms with E-state index in [0.29, 0.717) is 11.4 Å². The van der Waals surface area contributed by atoms with Crippen molar-refractivity contribution in [1.29, 1.82) is 0 Å². The minimum atomic E-state index is -0.513. The zero-order valence-electron chi connectivity index (χ0n) is 10.0. The van der Waals surface area contributed by atoms with Gasteiger partial charge in [-0.1, -0.05) is 45.7 Å². The molecule has 1 heterocycles. The molecule has 0 saturated heterocycles. The van der Waals surface area contributed by atoms with Gasteiger partial charge in [0, 0.05) is 21.5 Å². The molecule has 98 valence electrons. The fourth-order valence-electron chi connectivity index (χ4n) is 2.33. The predicted octanol–water partition coefficient (Wildman–Crippen LogP) is 4.66. The number of ether oxygens (including phenoxy) is 1. The Bertz CT molecular complexity index is 615. The highest BCUT2D eigenvalue weighted by Gasteiger charge is 2.28. The topological polar surface area (TPSA) is 29.5 Å². The monoisotopic (exact) mass is 338 g/mol. The third-order valence-electron chi connectivity index (χ3n) is 3.26. The molecule has 0 spiro atoms. The molecule has 0 saturated carbocycles. The maximum absolute atomic E-state index is 10.2. The maximum atomic E-state index is 10.2. The minimum Gasteiger partial charge on any atom is -0.485 e. The van der Waals surface area contributed by atoms with Crippen LogP contribution in [0.1, 0.15) is 29.8 Å². The molecule has 2 nitrogen and oxygen atoms in total. The molecule has 2 aromatic rings. The molecule has 1 aliphatic heterocycles. The second kappa shape index (κ2) is 5.16. The fourth-order valence-corrected chi connectivity index (χ4v) is 2.87. The number of aliphatic hydroxyl groups is 1. The van der Waals surface area contributed by atoms with Crippen molar-refractivity contribution in [3.05, 3.63) is 63.1 Å². The fraction of sp³-hybridized carbons (Fsp3) is 0.200. The molecule has 0 bridgehead atoms. The van der Waals surface area contributed by atoms with Crippen LogP contribution in [0.4, 0.5) is 0 Å². The van der Waals surface area contributed by atoms with E-state index in [4.69, 9.17) is 16.3 Å². The number of hydrogen-bond acceptors (Lipinski definition) is 2. The number of fused-ring (bicyclic) bond motifs is 1. The van der Waals surface area contributed by atoms with E-state index in [1.165, 1.54) is 0 Å². The second-order valence-electron chi connectivity index (χ2n) is 4.60. The van der Waals surface area contributed by atoms with Crippen LogP contribution in [0.15, 0.2) is 46.9 Å². The first kappa shape index (κ1) is 13.0. The summed E-state index contributed by atoms with van der Waals surface area (Å²) in [7, 11) is 0. The molecule has 2 aromatic carbocycles. The summed E-state index contributed by atoms with van der Waals surface area (Å²) in [6.45, 7) is 0. The molecule has 1 unspecified atom stereocenters. The molecule has 1 aliphatic rings. The van der Waals surface area contributed by atoms with E-state index >= 15 is 0 Å². The average molecular weight is 340 g/mol. The standard InChI is InChI=1S/C15H12BrClO2/c16-10-4-5-12-13(18)8-14(19-15(12)7-10)9-2-1-3-11(17)6-9/h1-7,13-14,18H,8H2/t13-,14?/m0/s1. The summed E-state index contributed by atoms with van der Waals surface area (Å²) in [6, 6.07) is 13.2. The van der Waals surface area contributed by atoms with Gasteiger partial charge in [0.25, 0.3) is 0 Å². The van der Waals surface area contributed by atoms with Gasteiger partial charge >= 0.3 is 0 Å². The van der Waals surface area contributed by atoms with Crippen LogP contribution < -0.4 is 4.74 Å². The largest absolute Gasteiger partial charge is 0.485 e. The highest BCUT2D eigenvalue weighted by atomic mass is 79.9. The molecule has 4 heteroatoms. The number of rotatable bonds is 1. The van der Waals surface area contributed by atoms with Crippen molar-refractivity contribution in [2.24, 2.45) is 0 Å². The smallest absolute Gasteiger partial charge is 0.127 e. The molecular weight excluding hydrogens is 328 g/mol. The normalized spacial score (nSPS) is 21.6. The summed E-state index contributed by atoms with van der Waals surface area (Å²) in [5.74, 6) is 0.720. The average Bonchev–Trinajstić information content (AvgIpc) is 2.38. The molecule has 0 aromatic heterocycles. The van der Waals surface area contributed by atoms with Gasteiger partial charge in [-0.2, -0.15) is 0 Å². The Morgan fingerprint density at radius 2 is 2.05 bits per heavy atom. The molecule has 0 aliphatic carbocycles. The first-order valence-electron chi connectivity index (χ1n) is 6.03. The number of aliphatic hydroxyl groups excluding tert-OH is 1. The molecular formula is C15H12BrClO2. The van der Waals surface area contributed by atoms with Gasteiger partial charge in [0.05, 0.1) is 6.10 Å². The summed E-state index contributed by atoms with van der Waals surface area (Å²) < 4.78 is 6.91. The Morgan fingerprint density at radius 3 is 2.84 bits per heavy atom. The first-order valence-corrected chi connectivity index (χ1v) is 7.20. The van der Waals surface area contributed by atoms with E-state index in [9.17, 15) is 5.11 Å². The van der Waals surface area contributed by atoms with E-state index in [1.54, 1.807) is 0 Å². The highest BCUT2D eigenvalue weighted by molar-refractivity contribution is 9.10. The number of hydrogen-bond donors (Lipinski definition) is 1. The van der Waals surface area contributed by atoms with Gasteiger partial charge in [-0.05, 0) is 29.8 Å². The summed E-state index contributed by atoms with van der Waals surface area (Å²) in [5.41, 5.74) is 1.82. The summed E-state index contributed by atoms with van der Waals surface area (Å²) >= 11 is 9.42. The van der Waals surface area contributed by atoms with Gasteiger partial charge in [-0.3, -0.25) is 0 Å². The van der Waals surface area contributed by atoms with Crippen molar-refractivity contribution < 1.29 is 9.84 Å². The van der Waals surface area contributed by atoms with Crippen LogP contribution in [0.3, 0.4) is 0 Å². The molecule has 3 rings (SSSR count). The highest BCUT2D eigenvalue weighted by Crippen LogP contribution is 2.42. The molecule has 0 fully saturated rings. The Balaban J connectivity index is 1.96. The van der Waals surface area contributed by atoms with Gasteiger partial charge in [0.2, 0.25) is 0 Å². The van der Waals surface area contributed by atoms with Gasteiger partial charge < -0.3 is 9.84 Å². The van der Waals surface area contributed by atoms with E-state index in [2.05, 4.69) is 15.9 Å². The lowest BCUT2D eigenvalue weighted by molar-refractivity contribution is 0.0657. The first-order chi connectivity index (χ1) is 9.13. The van der Waals surface area contributed by atoms with Gasteiger partial charge in [-0.25, -0.2) is 0 Å². The zero-order valence-corrected chi connectivity index (χ0v) is 12.4. The van der Waals surface area contributed by atoms with Crippen LogP contribution in [0.5, 0.6) is 5.75 Å². The zero-order chi connectivity index (χ0) is 13.4. The van der Waals surface area contributed by atoms with Gasteiger partial charge in [-0.15, -0.1) is 0 Å². The number of halogens is 2. The molecule has 2 atom stereocenters. The van der Waals surface area contributed by atoms with Crippen molar-refractivity contribution in [1.82, 2.24) is 0 Å². The van der Waals surface area contributed by atoms with E-state index in [-0.39, 0.29) is 6.10 Å². The van der Waals surface area contributed by atoms with Gasteiger partial charge in [0.1, 0.15) is 11.9 Å². The van der Waals surface area contributed by atoms with Crippen LogP contribution in [0.25, 0.3) is 0 Å². The van der Waals surface area contributed by atoms with Crippen LogP contribution in [0.2, 0.25) is 5.02 Å². The van der Waals surface area contributed by atoms with Crippen molar-refractivity contribution in [2.75, 3.05) is 0 Å². The summed E-state index contributed by atoms with van der Waals surface area (Å²) in [5, 5.41) is 10.9. The Hall–Kier alpha value is -1.03. The second-order valence-corrected chi connectivity index (χ2v) is 5.95. The lowest BCUT2D eigenvalue weighted by Crippen LogP contribution is -2.19. The molecule has 0 radical (unpaired) electrons. The Labute approximate surface area is 125 Å². The van der Waals surface area contributed by atoms with Crippen molar-refractivity contribution in [3.63, 3.8) is 0 Å². The van der Waals surface area contributed by atoms with Crippen molar-refractivity contribution >= 4 is 27.5 Å². The van der Waals surface area contributed by atoms with Gasteiger partial charge in [0.15, 0.2) is 0 Å². The van der Waals surface area contributed by atoms with Crippen LogP contribution >= 0.6 is 27.5 Å². The summed E-state index contributed by atoms with van der Waals surface area (Å²) in [6.07, 6.45) is -0.147. The Kier molecular flexibility index (Phi) is 3.52. The molecule has 1 N–H and O–H groups in total. The SMILES string of the molecule is O[C@H]1CC(c2cccc(Cl)c2)Oc2cc(Br)ccc21. The van der Waals surface area contributed by atoms with E-state index in [1.807, 2.05) is 42.5 Å². The third-order valence-corrected chi connectivity index (χ3v) is 3.99. The lowest BCUT2D eigenvalue weighted by Gasteiger charge is -2.30. The van der Waals surface area contributed by atoms with E-state index < -0.39 is 6.10 Å². The molecule has 0 amide bonds. The predicted molar refractivity (Wildman–Crippen MR) is 78.5 cm³/mol. The van der Waals surface area contributed by atoms with Crippen LogP contribution in [-0.2, 0) is 0 Å². The maximum Gasteiger partial charge on any atom is 0.127 e. The van der Waals surface area contributed by atoms with Crippen LogP contribution in [0, 0.1) is 0 Å². The Morgan fingerprint density at radius 1 is 1.21 bits per heavy atom. The third kappa shape index (κ3) is 2.64.